The van der Waals surface area contributed by atoms with E-state index in [1.807, 2.05) is 18.0 Å². The molecule has 0 atom stereocenters. The molecule has 2 rings (SSSR count). The van der Waals surface area contributed by atoms with Crippen LogP contribution in [0.25, 0.3) is 0 Å². The molecule has 2 aromatic rings. The molecule has 0 saturated carbocycles. The maximum absolute atomic E-state index is 13.2. The summed E-state index contributed by atoms with van der Waals surface area (Å²) in [5.74, 6) is -0.349. The summed E-state index contributed by atoms with van der Waals surface area (Å²) in [6.07, 6.45) is 3.28. The second kappa shape index (κ2) is 5.18. The van der Waals surface area contributed by atoms with Crippen molar-refractivity contribution in [2.24, 2.45) is 5.73 Å². The highest BCUT2D eigenvalue weighted by Crippen LogP contribution is 2.22. The molecular formula is C13H13FN2OS. The molecule has 1 heterocycles. The van der Waals surface area contributed by atoms with Gasteiger partial charge in [0.1, 0.15) is 10.8 Å². The molecule has 1 aromatic carbocycles. The van der Waals surface area contributed by atoms with Gasteiger partial charge < -0.3 is 15.1 Å². The average Bonchev–Trinajstić information content (AvgIpc) is 2.81. The molecule has 0 aliphatic heterocycles. The van der Waals surface area contributed by atoms with Crippen LogP contribution in [-0.4, -0.2) is 12.0 Å². The monoisotopic (exact) mass is 264 g/mol. The second-order valence-electron chi connectivity index (χ2n) is 4.01. The molecule has 1 aromatic heterocycles. The number of furan rings is 1. The maximum atomic E-state index is 13.2. The lowest BCUT2D eigenvalue weighted by atomic mass is 10.1. The van der Waals surface area contributed by atoms with Gasteiger partial charge in [-0.25, -0.2) is 4.39 Å². The smallest absolute Gasteiger partial charge is 0.124 e. The Hall–Kier alpha value is -1.88. The molecule has 5 heteroatoms. The van der Waals surface area contributed by atoms with Crippen LogP contribution in [0.3, 0.4) is 0 Å². The predicted octanol–water partition coefficient (Wildman–Crippen LogP) is 2.69. The average molecular weight is 264 g/mol. The van der Waals surface area contributed by atoms with Crippen LogP contribution < -0.4 is 10.6 Å². The summed E-state index contributed by atoms with van der Waals surface area (Å²) in [6, 6.07) is 6.29. The van der Waals surface area contributed by atoms with Crippen molar-refractivity contribution in [2.45, 2.75) is 6.54 Å². The number of nitrogens with zero attached hydrogens (tertiary/aromatic N) is 1. The van der Waals surface area contributed by atoms with Crippen LogP contribution in [0.4, 0.5) is 10.1 Å². The minimum Gasteiger partial charge on any atom is -0.472 e. The van der Waals surface area contributed by atoms with Crippen molar-refractivity contribution in [2.75, 3.05) is 11.9 Å². The van der Waals surface area contributed by atoms with Crippen LogP contribution in [0.1, 0.15) is 11.1 Å². The lowest BCUT2D eigenvalue weighted by Gasteiger charge is -2.21. The highest BCUT2D eigenvalue weighted by Gasteiger charge is 2.11. The summed E-state index contributed by atoms with van der Waals surface area (Å²) >= 11 is 4.94. The predicted molar refractivity (Wildman–Crippen MR) is 73.1 cm³/mol. The quantitative estimate of drug-likeness (QED) is 0.862. The van der Waals surface area contributed by atoms with E-state index in [-0.39, 0.29) is 10.8 Å². The minimum absolute atomic E-state index is 0.184. The Morgan fingerprint density at radius 1 is 1.44 bits per heavy atom. The summed E-state index contributed by atoms with van der Waals surface area (Å²) in [5.41, 5.74) is 7.97. The summed E-state index contributed by atoms with van der Waals surface area (Å²) in [5, 5.41) is 0. The van der Waals surface area contributed by atoms with Crippen molar-refractivity contribution in [3.63, 3.8) is 0 Å². The lowest BCUT2D eigenvalue weighted by Crippen LogP contribution is -2.21. The minimum atomic E-state index is -0.349. The summed E-state index contributed by atoms with van der Waals surface area (Å²) in [7, 11) is 1.89. The van der Waals surface area contributed by atoms with Gasteiger partial charge in [0.05, 0.1) is 12.5 Å². The Morgan fingerprint density at radius 3 is 2.83 bits per heavy atom. The fourth-order valence-corrected chi connectivity index (χ4v) is 1.94. The summed E-state index contributed by atoms with van der Waals surface area (Å²) < 4.78 is 18.2. The van der Waals surface area contributed by atoms with Gasteiger partial charge >= 0.3 is 0 Å². The van der Waals surface area contributed by atoms with Crippen molar-refractivity contribution in [1.82, 2.24) is 0 Å². The largest absolute Gasteiger partial charge is 0.472 e. The topological polar surface area (TPSA) is 42.4 Å². The van der Waals surface area contributed by atoms with E-state index in [0.717, 1.165) is 11.3 Å². The van der Waals surface area contributed by atoms with Gasteiger partial charge in [-0.1, -0.05) is 12.2 Å². The molecule has 0 spiro atoms. The van der Waals surface area contributed by atoms with E-state index in [0.29, 0.717) is 12.1 Å². The van der Waals surface area contributed by atoms with Crippen molar-refractivity contribution in [1.29, 1.82) is 0 Å². The molecule has 0 unspecified atom stereocenters. The highest BCUT2D eigenvalue weighted by atomic mass is 32.1. The number of halogens is 1. The van der Waals surface area contributed by atoms with Gasteiger partial charge in [0.2, 0.25) is 0 Å². The lowest BCUT2D eigenvalue weighted by molar-refractivity contribution is 0.563. The van der Waals surface area contributed by atoms with Gasteiger partial charge in [-0.3, -0.25) is 0 Å². The van der Waals surface area contributed by atoms with Crippen molar-refractivity contribution >= 4 is 22.9 Å². The number of hydrogen-bond acceptors (Lipinski definition) is 3. The first-order valence-electron chi connectivity index (χ1n) is 5.39. The third kappa shape index (κ3) is 2.68. The third-order valence-electron chi connectivity index (χ3n) is 2.64. The van der Waals surface area contributed by atoms with Gasteiger partial charge in [0, 0.05) is 30.4 Å². The highest BCUT2D eigenvalue weighted by molar-refractivity contribution is 7.80. The first kappa shape index (κ1) is 12.6. The van der Waals surface area contributed by atoms with Crippen molar-refractivity contribution < 1.29 is 8.81 Å². The van der Waals surface area contributed by atoms with Crippen molar-refractivity contribution in [3.05, 3.63) is 53.7 Å². The third-order valence-corrected chi connectivity index (χ3v) is 2.86. The Kier molecular flexibility index (Phi) is 3.62. The van der Waals surface area contributed by atoms with E-state index in [1.165, 1.54) is 12.1 Å². The Labute approximate surface area is 110 Å². The number of rotatable bonds is 4. The van der Waals surface area contributed by atoms with Gasteiger partial charge in [-0.15, -0.1) is 0 Å². The Morgan fingerprint density at radius 2 is 2.22 bits per heavy atom. The van der Waals surface area contributed by atoms with Gasteiger partial charge in [0.15, 0.2) is 0 Å². The first-order valence-corrected chi connectivity index (χ1v) is 5.80. The zero-order valence-electron chi connectivity index (χ0n) is 9.89. The number of thiocarbonyl (C=S) groups is 1. The molecule has 0 radical (unpaired) electrons. The van der Waals surface area contributed by atoms with E-state index in [4.69, 9.17) is 22.4 Å². The zero-order chi connectivity index (χ0) is 13.1. The van der Waals surface area contributed by atoms with Crippen LogP contribution in [-0.2, 0) is 6.54 Å². The van der Waals surface area contributed by atoms with Crippen LogP contribution in [0.15, 0.2) is 41.2 Å². The molecular weight excluding hydrogens is 251 g/mol. The molecule has 94 valence electrons. The van der Waals surface area contributed by atoms with Crippen LogP contribution in [0, 0.1) is 5.82 Å². The van der Waals surface area contributed by atoms with Crippen LogP contribution >= 0.6 is 12.2 Å². The molecule has 0 amide bonds. The molecule has 0 aliphatic carbocycles. The van der Waals surface area contributed by atoms with E-state index in [9.17, 15) is 4.39 Å². The van der Waals surface area contributed by atoms with Gasteiger partial charge in [-0.2, -0.15) is 0 Å². The standard InChI is InChI=1S/C13H13FN2OS/c1-16(7-9-4-5-17-8-9)12-3-2-10(14)6-11(12)13(15)18/h2-6,8H,7H2,1H3,(H2,15,18). The van der Waals surface area contributed by atoms with E-state index < -0.39 is 0 Å². The number of hydrogen-bond donors (Lipinski definition) is 1. The Bertz CT molecular complexity index is 554. The normalized spacial score (nSPS) is 10.3. The number of nitrogens with two attached hydrogens (primary N) is 1. The van der Waals surface area contributed by atoms with Crippen LogP contribution in [0.2, 0.25) is 0 Å². The number of benzene rings is 1. The molecule has 0 saturated heterocycles. The van der Waals surface area contributed by atoms with Gasteiger partial charge in [0.25, 0.3) is 0 Å². The summed E-state index contributed by atoms with van der Waals surface area (Å²) in [6.45, 7) is 0.637. The fourth-order valence-electron chi connectivity index (χ4n) is 1.78. The Balaban J connectivity index is 2.29. The first-order chi connectivity index (χ1) is 8.58. The molecule has 18 heavy (non-hydrogen) atoms. The SMILES string of the molecule is CN(Cc1ccoc1)c1ccc(F)cc1C(N)=S. The molecule has 3 nitrogen and oxygen atoms in total. The molecule has 0 aliphatic rings. The maximum Gasteiger partial charge on any atom is 0.124 e. The van der Waals surface area contributed by atoms with Crippen LogP contribution in [0.5, 0.6) is 0 Å². The van der Waals surface area contributed by atoms with E-state index in [2.05, 4.69) is 0 Å². The number of anilines is 1. The molecule has 0 bridgehead atoms. The van der Waals surface area contributed by atoms with Crippen molar-refractivity contribution in [3.8, 4) is 0 Å². The van der Waals surface area contributed by atoms with E-state index in [1.54, 1.807) is 18.6 Å². The fraction of sp³-hybridized carbons (Fsp3) is 0.154. The second-order valence-corrected chi connectivity index (χ2v) is 4.45. The summed E-state index contributed by atoms with van der Waals surface area (Å²) in [4.78, 5) is 2.13. The molecule has 2 N–H and O–H groups in total. The zero-order valence-corrected chi connectivity index (χ0v) is 10.7. The van der Waals surface area contributed by atoms with E-state index >= 15 is 0 Å². The van der Waals surface area contributed by atoms with Gasteiger partial charge in [-0.05, 0) is 24.3 Å². The molecule has 0 fully saturated rings.